The van der Waals surface area contributed by atoms with Crippen molar-refractivity contribution < 1.29 is 23.2 Å². The summed E-state index contributed by atoms with van der Waals surface area (Å²) in [7, 11) is 0. The quantitative estimate of drug-likeness (QED) is 0.748. The second-order valence-corrected chi connectivity index (χ2v) is 6.91. The number of carbonyl (C=O) groups excluding carboxylic acids is 3. The molecule has 0 atom stereocenters. The zero-order valence-electron chi connectivity index (χ0n) is 16.2. The number of nitrogens with zero attached hydrogens (tertiary/aromatic N) is 2. The third-order valence-electron chi connectivity index (χ3n) is 4.71. The van der Waals surface area contributed by atoms with Gasteiger partial charge in [-0.2, -0.15) is 0 Å². The first-order valence-corrected chi connectivity index (χ1v) is 9.50. The number of benzene rings is 2. The number of carbonyl (C=O) groups is 3. The topological polar surface area (TPSA) is 81.8 Å². The van der Waals surface area contributed by atoms with Crippen LogP contribution in [-0.2, 0) is 9.59 Å². The summed E-state index contributed by atoms with van der Waals surface area (Å²) in [5.74, 6) is -1.87. The lowest BCUT2D eigenvalue weighted by Crippen LogP contribution is -2.52. The van der Waals surface area contributed by atoms with Gasteiger partial charge in [0, 0.05) is 37.4 Å². The van der Waals surface area contributed by atoms with Crippen LogP contribution in [-0.4, -0.2) is 66.8 Å². The van der Waals surface area contributed by atoms with Crippen LogP contribution in [0.15, 0.2) is 48.5 Å². The first kappa shape index (κ1) is 21.4. The molecule has 0 bridgehead atoms. The molecule has 1 saturated heterocycles. The van der Waals surface area contributed by atoms with E-state index < -0.39 is 11.7 Å². The summed E-state index contributed by atoms with van der Waals surface area (Å²) in [4.78, 5) is 39.9. The van der Waals surface area contributed by atoms with Crippen LogP contribution >= 0.6 is 0 Å². The van der Waals surface area contributed by atoms with Crippen molar-refractivity contribution in [3.8, 4) is 0 Å². The van der Waals surface area contributed by atoms with E-state index in [1.54, 1.807) is 4.90 Å². The van der Waals surface area contributed by atoms with Gasteiger partial charge in [0.05, 0.1) is 13.1 Å². The van der Waals surface area contributed by atoms with Crippen LogP contribution in [0, 0.1) is 11.6 Å². The zero-order chi connectivity index (χ0) is 21.5. The molecule has 0 unspecified atom stereocenters. The monoisotopic (exact) mass is 416 g/mol. The predicted octanol–water partition coefficient (Wildman–Crippen LogP) is 1.48. The normalized spacial score (nSPS) is 14.3. The summed E-state index contributed by atoms with van der Waals surface area (Å²) in [6, 6.07) is 10.8. The molecule has 0 radical (unpaired) electrons. The minimum Gasteiger partial charge on any atom is -0.343 e. The number of anilines is 1. The van der Waals surface area contributed by atoms with Crippen molar-refractivity contribution in [2.24, 2.45) is 0 Å². The molecule has 0 spiro atoms. The molecule has 3 rings (SSSR count). The Balaban J connectivity index is 1.39. The van der Waals surface area contributed by atoms with Gasteiger partial charge in [0.1, 0.15) is 11.6 Å². The van der Waals surface area contributed by atoms with Gasteiger partial charge in [-0.05, 0) is 42.5 Å². The molecular formula is C21H22F2N4O3. The van der Waals surface area contributed by atoms with E-state index in [9.17, 15) is 23.2 Å². The maximum absolute atomic E-state index is 13.2. The van der Waals surface area contributed by atoms with E-state index >= 15 is 0 Å². The highest BCUT2D eigenvalue weighted by molar-refractivity contribution is 5.96. The lowest BCUT2D eigenvalue weighted by molar-refractivity contribution is -0.132. The number of amides is 3. The molecule has 0 aliphatic carbocycles. The van der Waals surface area contributed by atoms with Crippen molar-refractivity contribution in [1.82, 2.24) is 15.1 Å². The Labute approximate surface area is 172 Å². The molecule has 2 aromatic carbocycles. The predicted molar refractivity (Wildman–Crippen MR) is 107 cm³/mol. The molecule has 1 aliphatic heterocycles. The second kappa shape index (κ2) is 9.93. The highest BCUT2D eigenvalue weighted by Gasteiger charge is 2.22. The van der Waals surface area contributed by atoms with Crippen molar-refractivity contribution in [3.05, 3.63) is 65.7 Å². The van der Waals surface area contributed by atoms with Gasteiger partial charge < -0.3 is 15.5 Å². The van der Waals surface area contributed by atoms with Crippen LogP contribution in [0.5, 0.6) is 0 Å². The number of hydrogen-bond acceptors (Lipinski definition) is 4. The van der Waals surface area contributed by atoms with E-state index in [0.717, 1.165) is 6.07 Å². The van der Waals surface area contributed by atoms with Crippen molar-refractivity contribution in [2.45, 2.75) is 0 Å². The molecule has 2 aromatic rings. The Morgan fingerprint density at radius 2 is 1.60 bits per heavy atom. The Kier molecular flexibility index (Phi) is 7.08. The van der Waals surface area contributed by atoms with Gasteiger partial charge in [-0.25, -0.2) is 8.78 Å². The number of piperazine rings is 1. The van der Waals surface area contributed by atoms with Crippen LogP contribution in [0.4, 0.5) is 14.5 Å². The van der Waals surface area contributed by atoms with E-state index in [1.165, 1.54) is 42.5 Å². The fraction of sp³-hybridized carbons (Fsp3) is 0.286. The fourth-order valence-corrected chi connectivity index (χ4v) is 3.09. The molecule has 2 N–H and O–H groups in total. The maximum atomic E-state index is 13.2. The number of rotatable bonds is 6. The summed E-state index contributed by atoms with van der Waals surface area (Å²) in [6.45, 7) is 1.87. The summed E-state index contributed by atoms with van der Waals surface area (Å²) in [6.07, 6.45) is 0. The second-order valence-electron chi connectivity index (χ2n) is 6.91. The molecule has 158 valence electrons. The molecule has 1 aliphatic rings. The number of hydrogen-bond donors (Lipinski definition) is 2. The molecule has 1 heterocycles. The van der Waals surface area contributed by atoms with Gasteiger partial charge in [-0.15, -0.1) is 0 Å². The Bertz CT molecular complexity index is 913. The average molecular weight is 416 g/mol. The largest absolute Gasteiger partial charge is 0.343 e. The molecule has 3 amide bonds. The zero-order valence-corrected chi connectivity index (χ0v) is 16.2. The van der Waals surface area contributed by atoms with E-state index in [1.807, 2.05) is 4.90 Å². The van der Waals surface area contributed by atoms with Crippen molar-refractivity contribution >= 4 is 23.4 Å². The molecule has 7 nitrogen and oxygen atoms in total. The molecule has 30 heavy (non-hydrogen) atoms. The molecular weight excluding hydrogens is 394 g/mol. The van der Waals surface area contributed by atoms with Crippen LogP contribution in [0.2, 0.25) is 0 Å². The van der Waals surface area contributed by atoms with Gasteiger partial charge in [0.15, 0.2) is 0 Å². The SMILES string of the molecule is O=C(CN1CCN(C(=O)CNC(=O)c2cccc(F)c2)CC1)Nc1ccc(F)cc1. The molecule has 0 aromatic heterocycles. The van der Waals surface area contributed by atoms with Gasteiger partial charge in [0.25, 0.3) is 5.91 Å². The minimum atomic E-state index is -0.520. The lowest BCUT2D eigenvalue weighted by Gasteiger charge is -2.34. The third-order valence-corrected chi connectivity index (χ3v) is 4.71. The summed E-state index contributed by atoms with van der Waals surface area (Å²) in [5.41, 5.74) is 0.670. The first-order chi connectivity index (χ1) is 14.4. The van der Waals surface area contributed by atoms with Crippen LogP contribution in [0.1, 0.15) is 10.4 Å². The van der Waals surface area contributed by atoms with E-state index in [4.69, 9.17) is 0 Å². The minimum absolute atomic E-state index is 0.153. The van der Waals surface area contributed by atoms with Crippen molar-refractivity contribution in [1.29, 1.82) is 0 Å². The van der Waals surface area contributed by atoms with Crippen LogP contribution in [0.3, 0.4) is 0 Å². The molecule has 9 heteroatoms. The van der Waals surface area contributed by atoms with E-state index in [-0.39, 0.29) is 36.3 Å². The third kappa shape index (κ3) is 6.08. The summed E-state index contributed by atoms with van der Waals surface area (Å²) in [5, 5.41) is 5.20. The summed E-state index contributed by atoms with van der Waals surface area (Å²) >= 11 is 0. The summed E-state index contributed by atoms with van der Waals surface area (Å²) < 4.78 is 26.1. The molecule has 1 fully saturated rings. The smallest absolute Gasteiger partial charge is 0.251 e. The van der Waals surface area contributed by atoms with E-state index in [2.05, 4.69) is 10.6 Å². The Morgan fingerprint density at radius 1 is 0.900 bits per heavy atom. The molecule has 0 saturated carbocycles. The number of nitrogens with one attached hydrogen (secondary N) is 2. The Morgan fingerprint density at radius 3 is 2.27 bits per heavy atom. The van der Waals surface area contributed by atoms with Gasteiger partial charge in [-0.3, -0.25) is 19.3 Å². The van der Waals surface area contributed by atoms with Gasteiger partial charge in [0.2, 0.25) is 11.8 Å². The lowest BCUT2D eigenvalue weighted by atomic mass is 10.2. The highest BCUT2D eigenvalue weighted by atomic mass is 19.1. The van der Waals surface area contributed by atoms with Crippen LogP contribution < -0.4 is 10.6 Å². The number of halogens is 2. The van der Waals surface area contributed by atoms with Crippen molar-refractivity contribution in [2.75, 3.05) is 44.6 Å². The van der Waals surface area contributed by atoms with E-state index in [0.29, 0.717) is 31.9 Å². The maximum Gasteiger partial charge on any atom is 0.251 e. The highest BCUT2D eigenvalue weighted by Crippen LogP contribution is 2.09. The fourth-order valence-electron chi connectivity index (χ4n) is 3.09. The van der Waals surface area contributed by atoms with Gasteiger partial charge in [-0.1, -0.05) is 6.07 Å². The van der Waals surface area contributed by atoms with Crippen LogP contribution in [0.25, 0.3) is 0 Å². The standard InChI is InChI=1S/C21H22F2N4O3/c22-16-4-6-18(7-5-16)25-19(28)14-26-8-10-27(11-9-26)20(29)13-24-21(30)15-2-1-3-17(23)12-15/h1-7,12H,8-11,13-14H2,(H,24,30)(H,25,28). The van der Waals surface area contributed by atoms with Crippen molar-refractivity contribution in [3.63, 3.8) is 0 Å². The first-order valence-electron chi connectivity index (χ1n) is 9.50. The Hall–Kier alpha value is -3.33. The average Bonchev–Trinajstić information content (AvgIpc) is 2.74. The van der Waals surface area contributed by atoms with Gasteiger partial charge >= 0.3 is 0 Å².